The van der Waals surface area contributed by atoms with Gasteiger partial charge in [-0.05, 0) is 17.5 Å². The second-order valence-corrected chi connectivity index (χ2v) is 6.07. The van der Waals surface area contributed by atoms with E-state index in [1.807, 2.05) is 60.7 Å². The van der Waals surface area contributed by atoms with Crippen LogP contribution in [0.4, 0.5) is 9.59 Å². The molecular formula is C22H24N2O6. The van der Waals surface area contributed by atoms with Crippen LogP contribution in [-0.4, -0.2) is 31.8 Å². The summed E-state index contributed by atoms with van der Waals surface area (Å²) in [6.45, 7) is 0.426. The molecule has 2 aromatic rings. The van der Waals surface area contributed by atoms with Crippen molar-refractivity contribution in [1.82, 2.24) is 10.6 Å². The fourth-order valence-corrected chi connectivity index (χ4v) is 2.33. The van der Waals surface area contributed by atoms with Gasteiger partial charge in [0.2, 0.25) is 0 Å². The van der Waals surface area contributed by atoms with Crippen molar-refractivity contribution in [2.24, 2.45) is 0 Å². The minimum atomic E-state index is -0.786. The van der Waals surface area contributed by atoms with Crippen LogP contribution in [-0.2, 0) is 32.2 Å². The highest BCUT2D eigenvalue weighted by Gasteiger charge is 2.14. The van der Waals surface area contributed by atoms with E-state index >= 15 is 0 Å². The lowest BCUT2D eigenvalue weighted by Crippen LogP contribution is -2.29. The first-order chi connectivity index (χ1) is 14.6. The Kier molecular flexibility index (Phi) is 9.45. The fourth-order valence-electron chi connectivity index (χ4n) is 2.33. The molecule has 0 aromatic heterocycles. The quantitative estimate of drug-likeness (QED) is 0.284. The monoisotopic (exact) mass is 412 g/mol. The van der Waals surface area contributed by atoms with Gasteiger partial charge < -0.3 is 19.5 Å². The maximum absolute atomic E-state index is 11.9. The van der Waals surface area contributed by atoms with E-state index in [1.165, 1.54) is 13.2 Å². The molecule has 158 valence electrons. The van der Waals surface area contributed by atoms with Crippen molar-refractivity contribution in [3.63, 3.8) is 0 Å². The molecule has 2 aromatic carbocycles. The summed E-state index contributed by atoms with van der Waals surface area (Å²) in [4.78, 5) is 35.5. The topological polar surface area (TPSA) is 103 Å². The van der Waals surface area contributed by atoms with E-state index in [-0.39, 0.29) is 31.9 Å². The molecule has 0 aliphatic rings. The number of hydrogen-bond donors (Lipinski definition) is 2. The molecule has 0 radical (unpaired) electrons. The Balaban J connectivity index is 1.74. The molecule has 0 saturated carbocycles. The van der Waals surface area contributed by atoms with Gasteiger partial charge in [-0.3, -0.25) is 5.32 Å². The standard InChI is InChI=1S/C22H24N2O6/c1-28-20(25)19(24-22(27)30-16-18-11-6-3-7-12-18)13-8-14-23-21(26)29-15-17-9-4-2-5-10-17/h2-7,9-13H,8,14-16H2,1H3,(H,23,26)(H,24,27)/b19-13-. The lowest BCUT2D eigenvalue weighted by molar-refractivity contribution is -0.136. The van der Waals surface area contributed by atoms with Gasteiger partial charge in [-0.1, -0.05) is 66.7 Å². The fraction of sp³-hybridized carbons (Fsp3) is 0.227. The highest BCUT2D eigenvalue weighted by molar-refractivity contribution is 5.92. The van der Waals surface area contributed by atoms with Gasteiger partial charge >= 0.3 is 18.2 Å². The summed E-state index contributed by atoms with van der Waals surface area (Å²) in [5.41, 5.74) is 1.61. The van der Waals surface area contributed by atoms with E-state index in [4.69, 9.17) is 9.47 Å². The maximum atomic E-state index is 11.9. The first-order valence-electron chi connectivity index (χ1n) is 9.29. The molecule has 0 aliphatic carbocycles. The summed E-state index contributed by atoms with van der Waals surface area (Å²) in [7, 11) is 1.20. The van der Waals surface area contributed by atoms with E-state index in [0.29, 0.717) is 0 Å². The molecule has 0 spiro atoms. The van der Waals surface area contributed by atoms with Crippen molar-refractivity contribution < 1.29 is 28.6 Å². The predicted octanol–water partition coefficient (Wildman–Crippen LogP) is 3.29. The molecule has 8 nitrogen and oxygen atoms in total. The van der Waals surface area contributed by atoms with Crippen molar-refractivity contribution in [2.45, 2.75) is 19.6 Å². The van der Waals surface area contributed by atoms with Gasteiger partial charge in [0.25, 0.3) is 0 Å². The molecule has 0 saturated heterocycles. The van der Waals surface area contributed by atoms with Gasteiger partial charge in [-0.25, -0.2) is 14.4 Å². The van der Waals surface area contributed by atoms with Crippen molar-refractivity contribution in [3.05, 3.63) is 83.6 Å². The van der Waals surface area contributed by atoms with Crippen LogP contribution >= 0.6 is 0 Å². The molecule has 2 amide bonds. The first-order valence-corrected chi connectivity index (χ1v) is 9.29. The molecule has 0 heterocycles. The van der Waals surface area contributed by atoms with Gasteiger partial charge in [0.1, 0.15) is 18.9 Å². The van der Waals surface area contributed by atoms with Crippen LogP contribution < -0.4 is 10.6 Å². The zero-order valence-corrected chi connectivity index (χ0v) is 16.6. The second kappa shape index (κ2) is 12.6. The Hall–Kier alpha value is -3.81. The predicted molar refractivity (Wildman–Crippen MR) is 109 cm³/mol. The van der Waals surface area contributed by atoms with Crippen LogP contribution in [0.25, 0.3) is 0 Å². The Morgan fingerprint density at radius 1 is 0.833 bits per heavy atom. The number of carbonyl (C=O) groups excluding carboxylic acids is 3. The Labute approximate surface area is 174 Å². The molecule has 8 heteroatoms. The van der Waals surface area contributed by atoms with Gasteiger partial charge in [-0.15, -0.1) is 0 Å². The summed E-state index contributed by atoms with van der Waals surface area (Å²) < 4.78 is 14.8. The molecule has 0 unspecified atom stereocenters. The van der Waals surface area contributed by atoms with Crippen LogP contribution in [0.1, 0.15) is 17.5 Å². The number of esters is 1. The number of rotatable bonds is 9. The minimum absolute atomic E-state index is 0.0654. The van der Waals surface area contributed by atoms with E-state index in [2.05, 4.69) is 15.4 Å². The van der Waals surface area contributed by atoms with Gasteiger partial charge in [0.05, 0.1) is 7.11 Å². The summed E-state index contributed by atoms with van der Waals surface area (Å²) in [5, 5.41) is 4.92. The summed E-state index contributed by atoms with van der Waals surface area (Å²) in [5.74, 6) is -0.724. The first kappa shape index (κ1) is 22.5. The van der Waals surface area contributed by atoms with E-state index in [1.54, 1.807) is 0 Å². The smallest absolute Gasteiger partial charge is 0.412 e. The molecular weight excluding hydrogens is 388 g/mol. The Bertz CT molecular complexity index is 852. The highest BCUT2D eigenvalue weighted by atomic mass is 16.6. The summed E-state index contributed by atoms with van der Waals surface area (Å²) >= 11 is 0. The molecule has 2 rings (SSSR count). The molecule has 2 N–H and O–H groups in total. The number of alkyl carbamates (subject to hydrolysis) is 2. The molecule has 0 atom stereocenters. The van der Waals surface area contributed by atoms with Crippen molar-refractivity contribution in [3.8, 4) is 0 Å². The Morgan fingerprint density at radius 3 is 1.90 bits per heavy atom. The third-order valence-corrected chi connectivity index (χ3v) is 3.83. The zero-order chi connectivity index (χ0) is 21.6. The van der Waals surface area contributed by atoms with Crippen molar-refractivity contribution in [1.29, 1.82) is 0 Å². The SMILES string of the molecule is COC(=O)/C(=C/CCNC(=O)OCc1ccccc1)NC(=O)OCc1ccccc1. The second-order valence-electron chi connectivity index (χ2n) is 6.07. The van der Waals surface area contributed by atoms with Crippen LogP contribution in [0, 0.1) is 0 Å². The molecule has 0 fully saturated rings. The minimum Gasteiger partial charge on any atom is -0.464 e. The number of benzene rings is 2. The van der Waals surface area contributed by atoms with Gasteiger partial charge in [0, 0.05) is 6.54 Å². The maximum Gasteiger partial charge on any atom is 0.412 e. The molecule has 0 bridgehead atoms. The number of amides is 2. The van der Waals surface area contributed by atoms with E-state index in [9.17, 15) is 14.4 Å². The number of nitrogens with one attached hydrogen (secondary N) is 2. The third-order valence-electron chi connectivity index (χ3n) is 3.83. The lowest BCUT2D eigenvalue weighted by atomic mass is 10.2. The largest absolute Gasteiger partial charge is 0.464 e. The van der Waals surface area contributed by atoms with Crippen LogP contribution in [0.15, 0.2) is 72.4 Å². The molecule has 30 heavy (non-hydrogen) atoms. The van der Waals surface area contributed by atoms with Crippen molar-refractivity contribution in [2.75, 3.05) is 13.7 Å². The lowest BCUT2D eigenvalue weighted by Gasteiger charge is -2.10. The van der Waals surface area contributed by atoms with Crippen molar-refractivity contribution >= 4 is 18.2 Å². The van der Waals surface area contributed by atoms with Crippen LogP contribution in [0.5, 0.6) is 0 Å². The van der Waals surface area contributed by atoms with Gasteiger partial charge in [-0.2, -0.15) is 0 Å². The van der Waals surface area contributed by atoms with E-state index < -0.39 is 18.2 Å². The third kappa shape index (κ3) is 8.47. The zero-order valence-electron chi connectivity index (χ0n) is 16.6. The number of hydrogen-bond acceptors (Lipinski definition) is 6. The number of ether oxygens (including phenoxy) is 3. The average molecular weight is 412 g/mol. The average Bonchev–Trinajstić information content (AvgIpc) is 2.79. The normalized spacial score (nSPS) is 10.6. The Morgan fingerprint density at radius 2 is 1.37 bits per heavy atom. The number of methoxy groups -OCH3 is 1. The molecule has 0 aliphatic heterocycles. The van der Waals surface area contributed by atoms with Gasteiger partial charge in [0.15, 0.2) is 0 Å². The highest BCUT2D eigenvalue weighted by Crippen LogP contribution is 2.03. The summed E-state index contributed by atoms with van der Waals surface area (Å²) in [6, 6.07) is 18.4. The van der Waals surface area contributed by atoms with Crippen LogP contribution in [0.2, 0.25) is 0 Å². The van der Waals surface area contributed by atoms with Crippen LogP contribution in [0.3, 0.4) is 0 Å². The summed E-state index contributed by atoms with van der Waals surface area (Å²) in [6.07, 6.45) is 0.338. The number of carbonyl (C=O) groups is 3. The van der Waals surface area contributed by atoms with E-state index in [0.717, 1.165) is 11.1 Å².